The van der Waals surface area contributed by atoms with Crippen LogP contribution in [0.5, 0.6) is 0 Å². The molecule has 0 aliphatic rings. The highest BCUT2D eigenvalue weighted by molar-refractivity contribution is 9.10. The fourth-order valence-corrected chi connectivity index (χ4v) is 4.06. The monoisotopic (exact) mass is 370 g/mol. The standard InChI is InChI=1S/C11H19BrN2O3S2/c1-13-8-9-7-10(11(12)17-9)19(15,16)14-5-3-4-6-18-2/h7,13-14H,3-6,8H2,1-2H3. The Kier molecular flexibility index (Phi) is 7.45. The molecule has 8 heteroatoms. The van der Waals surface area contributed by atoms with Gasteiger partial charge in [0.05, 0.1) is 6.54 Å². The highest BCUT2D eigenvalue weighted by Gasteiger charge is 2.21. The highest BCUT2D eigenvalue weighted by atomic mass is 79.9. The Morgan fingerprint density at radius 2 is 2.16 bits per heavy atom. The fourth-order valence-electron chi connectivity index (χ4n) is 1.50. The van der Waals surface area contributed by atoms with Crippen LogP contribution in [-0.2, 0) is 16.6 Å². The number of hydrogen-bond donors (Lipinski definition) is 2. The average Bonchev–Trinajstić information content (AvgIpc) is 2.71. The summed E-state index contributed by atoms with van der Waals surface area (Å²) in [5, 5.41) is 2.91. The molecule has 1 aromatic heterocycles. The third-order valence-electron chi connectivity index (χ3n) is 2.41. The average molecular weight is 371 g/mol. The zero-order valence-corrected chi connectivity index (χ0v) is 14.3. The van der Waals surface area contributed by atoms with E-state index < -0.39 is 10.0 Å². The number of unbranched alkanes of at least 4 members (excludes halogenated alkanes) is 1. The Hall–Kier alpha value is -0.0200. The van der Waals surface area contributed by atoms with Crippen LogP contribution in [0.1, 0.15) is 18.6 Å². The topological polar surface area (TPSA) is 71.3 Å². The van der Waals surface area contributed by atoms with Crippen LogP contribution in [0.3, 0.4) is 0 Å². The van der Waals surface area contributed by atoms with Crippen molar-refractivity contribution in [1.29, 1.82) is 0 Å². The molecule has 0 saturated carbocycles. The molecule has 0 radical (unpaired) electrons. The molecule has 0 aliphatic heterocycles. The molecule has 0 bridgehead atoms. The quantitative estimate of drug-likeness (QED) is 0.651. The number of sulfonamides is 1. The van der Waals surface area contributed by atoms with Gasteiger partial charge in [0.15, 0.2) is 4.67 Å². The molecule has 0 aliphatic carbocycles. The minimum absolute atomic E-state index is 0.155. The first-order valence-electron chi connectivity index (χ1n) is 5.92. The summed E-state index contributed by atoms with van der Waals surface area (Å²) in [6, 6.07) is 1.53. The Morgan fingerprint density at radius 1 is 1.42 bits per heavy atom. The highest BCUT2D eigenvalue weighted by Crippen LogP contribution is 2.25. The molecular formula is C11H19BrN2O3S2. The number of hydrogen-bond acceptors (Lipinski definition) is 5. The maximum absolute atomic E-state index is 12.1. The molecule has 1 heterocycles. The lowest BCUT2D eigenvalue weighted by Gasteiger charge is -2.04. The normalized spacial score (nSPS) is 11.9. The number of nitrogens with one attached hydrogen (secondary N) is 2. The van der Waals surface area contributed by atoms with Gasteiger partial charge in [-0.2, -0.15) is 11.8 Å². The Bertz CT molecular complexity index is 488. The van der Waals surface area contributed by atoms with Crippen LogP contribution in [0.2, 0.25) is 0 Å². The van der Waals surface area contributed by atoms with E-state index in [1.54, 1.807) is 18.8 Å². The van der Waals surface area contributed by atoms with Crippen molar-refractivity contribution >= 4 is 37.7 Å². The van der Waals surface area contributed by atoms with E-state index in [9.17, 15) is 8.42 Å². The van der Waals surface area contributed by atoms with Gasteiger partial charge in [-0.05, 0) is 47.8 Å². The molecule has 0 aromatic carbocycles. The van der Waals surface area contributed by atoms with Crippen molar-refractivity contribution in [2.45, 2.75) is 24.3 Å². The molecule has 19 heavy (non-hydrogen) atoms. The summed E-state index contributed by atoms with van der Waals surface area (Å²) in [7, 11) is -1.73. The summed E-state index contributed by atoms with van der Waals surface area (Å²) in [5.41, 5.74) is 0. The van der Waals surface area contributed by atoms with Crippen molar-refractivity contribution in [2.24, 2.45) is 0 Å². The maximum atomic E-state index is 12.1. The van der Waals surface area contributed by atoms with Crippen LogP contribution in [0, 0.1) is 0 Å². The Labute approximate surface area is 127 Å². The zero-order chi connectivity index (χ0) is 14.3. The largest absolute Gasteiger partial charge is 0.452 e. The van der Waals surface area contributed by atoms with Crippen molar-refractivity contribution in [2.75, 3.05) is 25.6 Å². The first-order chi connectivity index (χ1) is 9.01. The molecular weight excluding hydrogens is 352 g/mol. The third kappa shape index (κ3) is 5.47. The summed E-state index contributed by atoms with van der Waals surface area (Å²) in [6.45, 7) is 0.934. The van der Waals surface area contributed by atoms with Crippen molar-refractivity contribution in [1.82, 2.24) is 10.0 Å². The van der Waals surface area contributed by atoms with E-state index in [0.29, 0.717) is 18.8 Å². The maximum Gasteiger partial charge on any atom is 0.244 e. The molecule has 2 N–H and O–H groups in total. The van der Waals surface area contributed by atoms with Gasteiger partial charge in [-0.15, -0.1) is 0 Å². The molecule has 1 aromatic rings. The van der Waals surface area contributed by atoms with Crippen molar-refractivity contribution < 1.29 is 12.8 Å². The van der Waals surface area contributed by atoms with Crippen molar-refractivity contribution in [3.63, 3.8) is 0 Å². The molecule has 0 atom stereocenters. The number of furan rings is 1. The summed E-state index contributed by atoms with van der Waals surface area (Å²) < 4.78 is 32.3. The second-order valence-electron chi connectivity index (χ2n) is 3.98. The minimum atomic E-state index is -3.50. The number of thioether (sulfide) groups is 1. The van der Waals surface area contributed by atoms with Gasteiger partial charge in [0, 0.05) is 12.6 Å². The van der Waals surface area contributed by atoms with Gasteiger partial charge in [-0.3, -0.25) is 0 Å². The lowest BCUT2D eigenvalue weighted by atomic mass is 10.3. The molecule has 0 spiro atoms. The molecule has 110 valence electrons. The van der Waals surface area contributed by atoms with Gasteiger partial charge in [0.1, 0.15) is 10.7 Å². The van der Waals surface area contributed by atoms with Gasteiger partial charge < -0.3 is 9.73 Å². The van der Waals surface area contributed by atoms with E-state index in [4.69, 9.17) is 4.42 Å². The van der Waals surface area contributed by atoms with E-state index in [-0.39, 0.29) is 9.56 Å². The molecule has 5 nitrogen and oxygen atoms in total. The number of rotatable bonds is 9. The third-order valence-corrected chi connectivity index (χ3v) is 5.43. The molecule has 0 amide bonds. The van der Waals surface area contributed by atoms with E-state index in [1.807, 2.05) is 6.26 Å². The van der Waals surface area contributed by atoms with Gasteiger partial charge in [0.25, 0.3) is 0 Å². The summed E-state index contributed by atoms with van der Waals surface area (Å²) in [6.07, 6.45) is 3.87. The van der Waals surface area contributed by atoms with Crippen LogP contribution >= 0.6 is 27.7 Å². The molecule has 0 unspecified atom stereocenters. The molecule has 0 fully saturated rings. The predicted octanol–water partition coefficient (Wildman–Crippen LogP) is 2.18. The van der Waals surface area contributed by atoms with Crippen LogP contribution in [-0.4, -0.2) is 34.0 Å². The Balaban J connectivity index is 2.61. The van der Waals surface area contributed by atoms with E-state index >= 15 is 0 Å². The van der Waals surface area contributed by atoms with Gasteiger partial charge in [-0.25, -0.2) is 13.1 Å². The summed E-state index contributed by atoms with van der Waals surface area (Å²) >= 11 is 4.90. The lowest BCUT2D eigenvalue weighted by Crippen LogP contribution is -2.24. The minimum Gasteiger partial charge on any atom is -0.452 e. The molecule has 1 rings (SSSR count). The summed E-state index contributed by atoms with van der Waals surface area (Å²) in [4.78, 5) is 0.155. The first kappa shape index (κ1) is 17.0. The van der Waals surface area contributed by atoms with Gasteiger partial charge in [-0.1, -0.05) is 0 Å². The van der Waals surface area contributed by atoms with Gasteiger partial charge >= 0.3 is 0 Å². The fraction of sp³-hybridized carbons (Fsp3) is 0.636. The number of halogens is 1. The first-order valence-corrected chi connectivity index (χ1v) is 9.59. The summed E-state index contributed by atoms with van der Waals surface area (Å²) in [5.74, 6) is 1.63. The second kappa shape index (κ2) is 8.31. The zero-order valence-electron chi connectivity index (χ0n) is 11.0. The van der Waals surface area contributed by atoms with E-state index in [0.717, 1.165) is 18.6 Å². The SMILES string of the molecule is CNCc1cc(S(=O)(=O)NCCCCSC)c(Br)o1. The van der Waals surface area contributed by atoms with E-state index in [1.165, 1.54) is 6.07 Å². The second-order valence-corrected chi connectivity index (χ2v) is 7.42. The van der Waals surface area contributed by atoms with Crippen LogP contribution in [0.4, 0.5) is 0 Å². The van der Waals surface area contributed by atoms with E-state index in [2.05, 4.69) is 26.0 Å². The lowest BCUT2D eigenvalue weighted by molar-refractivity contribution is 0.470. The Morgan fingerprint density at radius 3 is 2.79 bits per heavy atom. The van der Waals surface area contributed by atoms with Crippen molar-refractivity contribution in [3.8, 4) is 0 Å². The predicted molar refractivity (Wildman–Crippen MR) is 82.0 cm³/mol. The van der Waals surface area contributed by atoms with Crippen LogP contribution in [0.15, 0.2) is 20.0 Å². The van der Waals surface area contributed by atoms with Crippen LogP contribution in [0.25, 0.3) is 0 Å². The van der Waals surface area contributed by atoms with Gasteiger partial charge in [0.2, 0.25) is 10.0 Å². The molecule has 0 saturated heterocycles. The van der Waals surface area contributed by atoms with Crippen LogP contribution < -0.4 is 10.0 Å². The smallest absolute Gasteiger partial charge is 0.244 e. The van der Waals surface area contributed by atoms with Crippen molar-refractivity contribution in [3.05, 3.63) is 16.5 Å².